The van der Waals surface area contributed by atoms with E-state index in [0.717, 1.165) is 6.07 Å². The van der Waals surface area contributed by atoms with E-state index in [-0.39, 0.29) is 11.3 Å². The van der Waals surface area contributed by atoms with Crippen LogP contribution in [0.25, 0.3) is 10.9 Å². The van der Waals surface area contributed by atoms with Crippen molar-refractivity contribution in [2.75, 3.05) is 0 Å². The van der Waals surface area contributed by atoms with Gasteiger partial charge in [-0.25, -0.2) is 18.7 Å². The summed E-state index contributed by atoms with van der Waals surface area (Å²) in [4.78, 5) is 8.15. The highest BCUT2D eigenvalue weighted by molar-refractivity contribution is 5.78. The van der Waals surface area contributed by atoms with Crippen molar-refractivity contribution >= 4 is 10.9 Å². The van der Waals surface area contributed by atoms with Crippen molar-refractivity contribution in [2.24, 2.45) is 0 Å². The molecular weight excluding hydrogens is 198 g/mol. The van der Waals surface area contributed by atoms with Crippen LogP contribution in [0, 0.1) is 11.6 Å². The molecule has 2 nitrogen and oxygen atoms in total. The Morgan fingerprint density at radius 2 is 1.93 bits per heavy atom. The Morgan fingerprint density at radius 1 is 1.20 bits per heavy atom. The summed E-state index contributed by atoms with van der Waals surface area (Å²) in [5.74, 6) is -0.956. The minimum atomic E-state index is -0.886. The molecule has 0 spiro atoms. The Morgan fingerprint density at radius 3 is 2.60 bits per heavy atom. The minimum absolute atomic E-state index is 0.124. The van der Waals surface area contributed by atoms with Crippen molar-refractivity contribution in [1.29, 1.82) is 0 Å². The van der Waals surface area contributed by atoms with Gasteiger partial charge in [-0.2, -0.15) is 0 Å². The fourth-order valence-corrected chi connectivity index (χ4v) is 1.34. The van der Waals surface area contributed by atoms with Crippen LogP contribution >= 0.6 is 0 Å². The van der Waals surface area contributed by atoms with Crippen LogP contribution in [0.5, 0.6) is 0 Å². The van der Waals surface area contributed by atoms with Crippen molar-refractivity contribution < 1.29 is 8.78 Å². The number of benzene rings is 1. The number of halogens is 2. The molecule has 0 saturated carbocycles. The van der Waals surface area contributed by atoms with Crippen molar-refractivity contribution in [3.63, 3.8) is 0 Å². The monoisotopic (exact) mass is 208 g/mol. The highest BCUT2D eigenvalue weighted by Crippen LogP contribution is 2.19. The molecule has 0 saturated heterocycles. The Bertz CT molecular complexity index is 509. The average Bonchev–Trinajstić information content (AvgIpc) is 2.23. The molecule has 0 fully saturated rings. The quantitative estimate of drug-likeness (QED) is 0.719. The third-order valence-electron chi connectivity index (χ3n) is 2.19. The van der Waals surface area contributed by atoms with Gasteiger partial charge in [-0.1, -0.05) is 13.8 Å². The van der Waals surface area contributed by atoms with Crippen LogP contribution in [-0.4, -0.2) is 9.97 Å². The molecule has 0 aliphatic carbocycles. The molecule has 4 heteroatoms. The lowest BCUT2D eigenvalue weighted by atomic mass is 10.2. The van der Waals surface area contributed by atoms with E-state index >= 15 is 0 Å². The summed E-state index contributed by atoms with van der Waals surface area (Å²) in [5, 5.41) is 0.124. The van der Waals surface area contributed by atoms with Gasteiger partial charge in [0.15, 0.2) is 11.6 Å². The normalized spacial score (nSPS) is 11.3. The summed E-state index contributed by atoms with van der Waals surface area (Å²) in [6, 6.07) is 2.54. The molecule has 2 aromatic rings. The molecule has 78 valence electrons. The molecule has 15 heavy (non-hydrogen) atoms. The van der Waals surface area contributed by atoms with Crippen LogP contribution in [0.1, 0.15) is 25.6 Å². The second kappa shape index (κ2) is 3.53. The van der Waals surface area contributed by atoms with Crippen LogP contribution in [0.3, 0.4) is 0 Å². The van der Waals surface area contributed by atoms with Crippen molar-refractivity contribution in [2.45, 2.75) is 19.8 Å². The predicted octanol–water partition coefficient (Wildman–Crippen LogP) is 3.03. The van der Waals surface area contributed by atoms with Gasteiger partial charge in [0.05, 0.1) is 10.9 Å². The lowest BCUT2D eigenvalue weighted by Crippen LogP contribution is -1.98. The predicted molar refractivity (Wildman–Crippen MR) is 53.5 cm³/mol. The Hall–Kier alpha value is -1.58. The maximum atomic E-state index is 13.3. The van der Waals surface area contributed by atoms with E-state index in [9.17, 15) is 8.78 Å². The third-order valence-corrected chi connectivity index (χ3v) is 2.19. The summed E-state index contributed by atoms with van der Waals surface area (Å²) >= 11 is 0. The second-order valence-electron chi connectivity index (χ2n) is 3.68. The number of fused-ring (bicyclic) bond motifs is 1. The van der Waals surface area contributed by atoms with Gasteiger partial charge in [0.2, 0.25) is 0 Å². The second-order valence-corrected chi connectivity index (χ2v) is 3.68. The van der Waals surface area contributed by atoms with Gasteiger partial charge in [0, 0.05) is 12.1 Å². The summed E-state index contributed by atoms with van der Waals surface area (Å²) < 4.78 is 26.2. The molecule has 1 aromatic carbocycles. The van der Waals surface area contributed by atoms with E-state index in [0.29, 0.717) is 11.3 Å². The van der Waals surface area contributed by atoms with Gasteiger partial charge in [0.1, 0.15) is 5.82 Å². The van der Waals surface area contributed by atoms with Crippen LogP contribution < -0.4 is 0 Å². The van der Waals surface area contributed by atoms with E-state index in [4.69, 9.17) is 0 Å². The lowest BCUT2D eigenvalue weighted by Gasteiger charge is -2.05. The zero-order valence-corrected chi connectivity index (χ0v) is 8.46. The largest absolute Gasteiger partial charge is 0.240 e. The average molecular weight is 208 g/mol. The summed E-state index contributed by atoms with van der Waals surface area (Å²) in [5.41, 5.74) is 0.438. The molecule has 0 N–H and O–H groups in total. The van der Waals surface area contributed by atoms with E-state index in [2.05, 4.69) is 9.97 Å². The molecule has 0 radical (unpaired) electrons. The standard InChI is InChI=1S/C11H10F2N2/c1-6(2)11-14-5-7-9(15-11)4-3-8(12)10(7)13/h3-6H,1-2H3. The first kappa shape index (κ1) is 9.96. The third kappa shape index (κ3) is 1.67. The van der Waals surface area contributed by atoms with E-state index in [1.807, 2.05) is 13.8 Å². The van der Waals surface area contributed by atoms with Crippen molar-refractivity contribution in [1.82, 2.24) is 9.97 Å². The number of hydrogen-bond acceptors (Lipinski definition) is 2. The fourth-order valence-electron chi connectivity index (χ4n) is 1.34. The Kier molecular flexibility index (Phi) is 2.34. The Labute approximate surface area is 86.0 Å². The van der Waals surface area contributed by atoms with Gasteiger partial charge in [-0.05, 0) is 12.1 Å². The molecule has 1 aromatic heterocycles. The highest BCUT2D eigenvalue weighted by atomic mass is 19.2. The highest BCUT2D eigenvalue weighted by Gasteiger charge is 2.10. The van der Waals surface area contributed by atoms with E-state index < -0.39 is 11.6 Å². The zero-order valence-electron chi connectivity index (χ0n) is 8.46. The maximum Gasteiger partial charge on any atom is 0.169 e. The number of aromatic nitrogens is 2. The number of nitrogens with zero attached hydrogens (tertiary/aromatic N) is 2. The van der Waals surface area contributed by atoms with Gasteiger partial charge < -0.3 is 0 Å². The van der Waals surface area contributed by atoms with Crippen molar-refractivity contribution in [3.8, 4) is 0 Å². The lowest BCUT2D eigenvalue weighted by molar-refractivity contribution is 0.516. The van der Waals surface area contributed by atoms with E-state index in [1.54, 1.807) is 0 Å². The molecule has 1 heterocycles. The van der Waals surface area contributed by atoms with Crippen molar-refractivity contribution in [3.05, 3.63) is 35.8 Å². The SMILES string of the molecule is CC(C)c1ncc2c(F)c(F)ccc2n1. The first-order valence-electron chi connectivity index (χ1n) is 4.70. The summed E-state index contributed by atoms with van der Waals surface area (Å²) in [6.07, 6.45) is 1.33. The van der Waals surface area contributed by atoms with Gasteiger partial charge in [0.25, 0.3) is 0 Å². The van der Waals surface area contributed by atoms with E-state index in [1.165, 1.54) is 12.3 Å². The molecule has 0 aliphatic rings. The Balaban J connectivity index is 2.70. The maximum absolute atomic E-state index is 13.3. The van der Waals surface area contributed by atoms with Gasteiger partial charge >= 0.3 is 0 Å². The number of hydrogen-bond donors (Lipinski definition) is 0. The minimum Gasteiger partial charge on any atom is -0.240 e. The van der Waals surface area contributed by atoms with Gasteiger partial charge in [-0.15, -0.1) is 0 Å². The molecular formula is C11H10F2N2. The fraction of sp³-hybridized carbons (Fsp3) is 0.273. The first-order chi connectivity index (χ1) is 7.09. The summed E-state index contributed by atoms with van der Waals surface area (Å²) in [7, 11) is 0. The molecule has 0 unspecified atom stereocenters. The molecule has 0 bridgehead atoms. The molecule has 0 amide bonds. The van der Waals surface area contributed by atoms with Gasteiger partial charge in [-0.3, -0.25) is 0 Å². The molecule has 2 rings (SSSR count). The number of rotatable bonds is 1. The van der Waals surface area contributed by atoms with Crippen LogP contribution in [-0.2, 0) is 0 Å². The van der Waals surface area contributed by atoms with Crippen LogP contribution in [0.2, 0.25) is 0 Å². The van der Waals surface area contributed by atoms with Crippen LogP contribution in [0.4, 0.5) is 8.78 Å². The topological polar surface area (TPSA) is 25.8 Å². The molecule has 0 aliphatic heterocycles. The van der Waals surface area contributed by atoms with Crippen LogP contribution in [0.15, 0.2) is 18.3 Å². The smallest absolute Gasteiger partial charge is 0.169 e. The zero-order chi connectivity index (χ0) is 11.0. The summed E-state index contributed by atoms with van der Waals surface area (Å²) in [6.45, 7) is 3.89. The molecule has 0 atom stereocenters. The first-order valence-corrected chi connectivity index (χ1v) is 4.70.